The maximum Gasteiger partial charge on any atom is 0.337 e. The lowest BCUT2D eigenvalue weighted by Crippen LogP contribution is -1.96. The van der Waals surface area contributed by atoms with E-state index in [1.54, 1.807) is 11.3 Å². The van der Waals surface area contributed by atoms with Crippen LogP contribution < -0.4 is 0 Å². The van der Waals surface area contributed by atoms with Crippen molar-refractivity contribution in [3.8, 4) is 10.7 Å². The Labute approximate surface area is 114 Å². The molecular weight excluding hydrogens is 318 g/mol. The van der Waals surface area contributed by atoms with Crippen molar-refractivity contribution in [3.63, 3.8) is 0 Å². The number of fused-ring (bicyclic) bond motifs is 1. The molecule has 0 aromatic carbocycles. The standard InChI is InChI=1S/C11H6BrN3O2S/c12-6-1-2-18-8(6)10-14-7-3-5(11(16)17)4-13-9(7)15-10/h1-4H,(H,16,17)(H,13,14,15). The summed E-state index contributed by atoms with van der Waals surface area (Å²) in [6.07, 6.45) is 1.30. The molecule has 0 unspecified atom stereocenters. The molecule has 0 radical (unpaired) electrons. The molecule has 0 fully saturated rings. The first-order chi connectivity index (χ1) is 8.65. The predicted octanol–water partition coefficient (Wildman–Crippen LogP) is 3.15. The van der Waals surface area contributed by atoms with Crippen molar-refractivity contribution in [1.29, 1.82) is 0 Å². The van der Waals surface area contributed by atoms with Crippen LogP contribution in [0.5, 0.6) is 0 Å². The van der Waals surface area contributed by atoms with Gasteiger partial charge in [-0.05, 0) is 33.4 Å². The van der Waals surface area contributed by atoms with E-state index < -0.39 is 5.97 Å². The summed E-state index contributed by atoms with van der Waals surface area (Å²) in [4.78, 5) is 23.3. The zero-order chi connectivity index (χ0) is 12.7. The number of carboxylic acids is 1. The normalized spacial score (nSPS) is 10.9. The molecule has 0 amide bonds. The summed E-state index contributed by atoms with van der Waals surface area (Å²) in [5, 5.41) is 10.8. The average molecular weight is 324 g/mol. The van der Waals surface area contributed by atoms with E-state index in [9.17, 15) is 4.79 Å². The van der Waals surface area contributed by atoms with Gasteiger partial charge in [-0.25, -0.2) is 14.8 Å². The number of aromatic nitrogens is 3. The Balaban J connectivity index is 2.17. The van der Waals surface area contributed by atoms with Crippen LogP contribution in [-0.2, 0) is 0 Å². The highest BCUT2D eigenvalue weighted by molar-refractivity contribution is 9.10. The fourth-order valence-corrected chi connectivity index (χ4v) is 3.09. The first-order valence-electron chi connectivity index (χ1n) is 4.97. The van der Waals surface area contributed by atoms with Crippen LogP contribution in [0.1, 0.15) is 10.4 Å². The summed E-state index contributed by atoms with van der Waals surface area (Å²) in [5.41, 5.74) is 1.27. The number of rotatable bonds is 2. The van der Waals surface area contributed by atoms with Crippen molar-refractivity contribution < 1.29 is 9.90 Å². The average Bonchev–Trinajstić information content (AvgIpc) is 2.92. The van der Waals surface area contributed by atoms with E-state index in [0.717, 1.165) is 9.35 Å². The van der Waals surface area contributed by atoms with Gasteiger partial charge in [0.1, 0.15) is 0 Å². The van der Waals surface area contributed by atoms with Gasteiger partial charge in [-0.2, -0.15) is 0 Å². The molecule has 0 atom stereocenters. The van der Waals surface area contributed by atoms with Crippen molar-refractivity contribution >= 4 is 44.4 Å². The van der Waals surface area contributed by atoms with Gasteiger partial charge in [0, 0.05) is 10.7 Å². The molecule has 0 aliphatic heterocycles. The summed E-state index contributed by atoms with van der Waals surface area (Å²) in [6.45, 7) is 0. The van der Waals surface area contributed by atoms with Crippen molar-refractivity contribution in [1.82, 2.24) is 15.0 Å². The summed E-state index contributed by atoms with van der Waals surface area (Å²) < 4.78 is 0.949. The quantitative estimate of drug-likeness (QED) is 0.759. The molecule has 3 heterocycles. The highest BCUT2D eigenvalue weighted by Crippen LogP contribution is 2.32. The first-order valence-corrected chi connectivity index (χ1v) is 6.65. The SMILES string of the molecule is O=C(O)c1cnc2nc(-c3sccc3Br)[nH]c2c1. The number of H-pyrrole nitrogens is 1. The van der Waals surface area contributed by atoms with Gasteiger partial charge in [-0.1, -0.05) is 0 Å². The second-order valence-electron chi connectivity index (χ2n) is 3.58. The van der Waals surface area contributed by atoms with Gasteiger partial charge >= 0.3 is 5.97 Å². The van der Waals surface area contributed by atoms with E-state index in [4.69, 9.17) is 5.11 Å². The Morgan fingerprint density at radius 3 is 3.00 bits per heavy atom. The second kappa shape index (κ2) is 4.18. The van der Waals surface area contributed by atoms with Gasteiger partial charge in [0.25, 0.3) is 0 Å². The van der Waals surface area contributed by atoms with E-state index in [1.807, 2.05) is 11.4 Å². The van der Waals surface area contributed by atoms with Gasteiger partial charge in [0.05, 0.1) is 16.0 Å². The van der Waals surface area contributed by atoms with Crippen LogP contribution in [0, 0.1) is 0 Å². The third kappa shape index (κ3) is 1.81. The highest BCUT2D eigenvalue weighted by atomic mass is 79.9. The second-order valence-corrected chi connectivity index (χ2v) is 5.35. The van der Waals surface area contributed by atoms with E-state index >= 15 is 0 Å². The van der Waals surface area contributed by atoms with Gasteiger partial charge in [-0.3, -0.25) is 0 Å². The molecule has 3 rings (SSSR count). The lowest BCUT2D eigenvalue weighted by Gasteiger charge is -1.91. The number of carbonyl (C=O) groups is 1. The maximum absolute atomic E-state index is 10.9. The smallest absolute Gasteiger partial charge is 0.337 e. The maximum atomic E-state index is 10.9. The van der Waals surface area contributed by atoms with Crippen LogP contribution in [0.15, 0.2) is 28.2 Å². The van der Waals surface area contributed by atoms with Gasteiger partial charge < -0.3 is 10.1 Å². The number of nitrogens with zero attached hydrogens (tertiary/aromatic N) is 2. The molecule has 0 spiro atoms. The van der Waals surface area contributed by atoms with E-state index in [0.29, 0.717) is 17.0 Å². The Hall–Kier alpha value is -1.73. The molecule has 0 saturated heterocycles. The zero-order valence-corrected chi connectivity index (χ0v) is 11.2. The topological polar surface area (TPSA) is 78.9 Å². The molecule has 3 aromatic heterocycles. The van der Waals surface area contributed by atoms with Crippen LogP contribution in [0.2, 0.25) is 0 Å². The third-order valence-electron chi connectivity index (χ3n) is 2.42. The number of hydrogen-bond acceptors (Lipinski definition) is 4. The third-order valence-corrected chi connectivity index (χ3v) is 4.26. The molecule has 5 nitrogen and oxygen atoms in total. The molecule has 0 bridgehead atoms. The summed E-state index contributed by atoms with van der Waals surface area (Å²) >= 11 is 4.98. The number of nitrogens with one attached hydrogen (secondary N) is 1. The molecule has 7 heteroatoms. The van der Waals surface area contributed by atoms with Gasteiger partial charge in [-0.15, -0.1) is 11.3 Å². The van der Waals surface area contributed by atoms with Gasteiger partial charge in [0.2, 0.25) is 0 Å². The summed E-state index contributed by atoms with van der Waals surface area (Å²) in [6, 6.07) is 3.46. The number of imidazole rings is 1. The van der Waals surface area contributed by atoms with E-state index in [1.165, 1.54) is 12.3 Å². The Morgan fingerprint density at radius 2 is 2.33 bits per heavy atom. The van der Waals surface area contributed by atoms with Crippen LogP contribution in [-0.4, -0.2) is 26.0 Å². The molecule has 2 N–H and O–H groups in total. The molecular formula is C11H6BrN3O2S. The van der Waals surface area contributed by atoms with Crippen LogP contribution >= 0.6 is 27.3 Å². The molecule has 0 aliphatic carbocycles. The van der Waals surface area contributed by atoms with Gasteiger partial charge in [0.15, 0.2) is 11.5 Å². The van der Waals surface area contributed by atoms with Crippen LogP contribution in [0.4, 0.5) is 0 Å². The number of aromatic carboxylic acids is 1. The molecule has 18 heavy (non-hydrogen) atoms. The number of halogens is 1. The molecule has 0 saturated carbocycles. The van der Waals surface area contributed by atoms with Crippen molar-refractivity contribution in [2.75, 3.05) is 0 Å². The van der Waals surface area contributed by atoms with Crippen LogP contribution in [0.25, 0.3) is 21.9 Å². The Morgan fingerprint density at radius 1 is 1.50 bits per heavy atom. The minimum Gasteiger partial charge on any atom is -0.478 e. The number of carboxylic acid groups (broad SMARTS) is 1. The lowest BCUT2D eigenvalue weighted by molar-refractivity contribution is 0.0696. The molecule has 0 aliphatic rings. The molecule has 90 valence electrons. The van der Waals surface area contributed by atoms with Crippen molar-refractivity contribution in [3.05, 3.63) is 33.7 Å². The minimum absolute atomic E-state index is 0.142. The Bertz CT molecular complexity index is 750. The lowest BCUT2D eigenvalue weighted by atomic mass is 10.3. The zero-order valence-electron chi connectivity index (χ0n) is 8.85. The summed E-state index contributed by atoms with van der Waals surface area (Å²) in [7, 11) is 0. The van der Waals surface area contributed by atoms with Crippen molar-refractivity contribution in [2.24, 2.45) is 0 Å². The molecule has 3 aromatic rings. The first kappa shape index (κ1) is 11.4. The number of pyridine rings is 1. The number of thiophene rings is 1. The predicted molar refractivity (Wildman–Crippen MR) is 71.9 cm³/mol. The monoisotopic (exact) mass is 323 g/mol. The Kier molecular flexibility index (Phi) is 2.64. The summed E-state index contributed by atoms with van der Waals surface area (Å²) in [5.74, 6) is -0.320. The van der Waals surface area contributed by atoms with E-state index in [-0.39, 0.29) is 5.56 Å². The minimum atomic E-state index is -1.00. The highest BCUT2D eigenvalue weighted by Gasteiger charge is 2.12. The van der Waals surface area contributed by atoms with Crippen molar-refractivity contribution in [2.45, 2.75) is 0 Å². The fraction of sp³-hybridized carbons (Fsp3) is 0. The number of hydrogen-bond donors (Lipinski definition) is 2. The fourth-order valence-electron chi connectivity index (χ4n) is 1.59. The van der Waals surface area contributed by atoms with E-state index in [2.05, 4.69) is 30.9 Å². The number of aromatic amines is 1. The largest absolute Gasteiger partial charge is 0.478 e. The van der Waals surface area contributed by atoms with Crippen LogP contribution in [0.3, 0.4) is 0 Å².